The van der Waals surface area contributed by atoms with Crippen molar-refractivity contribution in [3.05, 3.63) is 78.9 Å². The van der Waals surface area contributed by atoms with E-state index in [1.54, 1.807) is 0 Å². The Kier molecular flexibility index (Phi) is 3.28. The van der Waals surface area contributed by atoms with Gasteiger partial charge in [0.1, 0.15) is 11.2 Å². The monoisotopic (exact) mass is 379 g/mol. The molecule has 1 N–H and O–H groups in total. The number of rotatable bonds is 2. The third kappa shape index (κ3) is 2.20. The van der Waals surface area contributed by atoms with Crippen molar-refractivity contribution in [2.24, 2.45) is 0 Å². The number of anilines is 1. The molecule has 2 heterocycles. The van der Waals surface area contributed by atoms with Crippen molar-refractivity contribution in [3.8, 4) is 11.1 Å². The van der Waals surface area contributed by atoms with Gasteiger partial charge in [0.15, 0.2) is 0 Å². The average Bonchev–Trinajstić information content (AvgIpc) is 3.28. The zero-order valence-corrected chi connectivity index (χ0v) is 16.1. The van der Waals surface area contributed by atoms with Crippen LogP contribution < -0.4 is 5.32 Å². The molecule has 0 bridgehead atoms. The van der Waals surface area contributed by atoms with Gasteiger partial charge in [-0.05, 0) is 42.0 Å². The van der Waals surface area contributed by atoms with Gasteiger partial charge in [-0.1, -0.05) is 42.5 Å². The van der Waals surface area contributed by atoms with E-state index in [1.807, 2.05) is 24.5 Å². The molecule has 0 saturated carbocycles. The van der Waals surface area contributed by atoms with Gasteiger partial charge in [0.2, 0.25) is 0 Å². The van der Waals surface area contributed by atoms with Crippen LogP contribution in [0.4, 0.5) is 5.69 Å². The summed E-state index contributed by atoms with van der Waals surface area (Å²) in [5, 5.41) is 8.24. The predicted octanol–water partition coefficient (Wildman–Crippen LogP) is 7.66. The van der Waals surface area contributed by atoms with Crippen LogP contribution in [0.25, 0.3) is 53.2 Å². The number of thiophene rings is 1. The Morgan fingerprint density at radius 3 is 2.43 bits per heavy atom. The summed E-state index contributed by atoms with van der Waals surface area (Å²) in [6.07, 6.45) is 0. The van der Waals surface area contributed by atoms with Crippen LogP contribution in [0.5, 0.6) is 0 Å². The van der Waals surface area contributed by atoms with Crippen molar-refractivity contribution in [1.82, 2.24) is 0 Å². The first-order chi connectivity index (χ1) is 13.8. The Balaban J connectivity index is 1.62. The number of nitrogens with one attached hydrogen (secondary N) is 1. The molecule has 28 heavy (non-hydrogen) atoms. The van der Waals surface area contributed by atoms with E-state index in [1.165, 1.54) is 31.1 Å². The van der Waals surface area contributed by atoms with Gasteiger partial charge in [0.05, 0.1) is 0 Å². The van der Waals surface area contributed by atoms with E-state index in [9.17, 15) is 0 Å². The number of hydrogen-bond donors (Lipinski definition) is 1. The van der Waals surface area contributed by atoms with E-state index in [0.29, 0.717) is 0 Å². The van der Waals surface area contributed by atoms with Crippen LogP contribution in [0, 0.1) is 0 Å². The fraction of sp³-hybridized carbons (Fsp3) is 0.0400. The van der Waals surface area contributed by atoms with E-state index < -0.39 is 0 Å². The summed E-state index contributed by atoms with van der Waals surface area (Å²) in [4.78, 5) is 0. The highest BCUT2D eigenvalue weighted by Gasteiger charge is 2.13. The lowest BCUT2D eigenvalue weighted by Crippen LogP contribution is -1.91. The Bertz CT molecular complexity index is 1510. The van der Waals surface area contributed by atoms with Gasteiger partial charge in [-0.15, -0.1) is 11.3 Å². The van der Waals surface area contributed by atoms with E-state index in [-0.39, 0.29) is 0 Å². The Labute approximate surface area is 166 Å². The normalized spacial score (nSPS) is 11.8. The molecule has 6 rings (SSSR count). The van der Waals surface area contributed by atoms with Crippen LogP contribution in [0.1, 0.15) is 0 Å². The summed E-state index contributed by atoms with van der Waals surface area (Å²) in [5.74, 6) is 0. The summed E-state index contributed by atoms with van der Waals surface area (Å²) in [6, 6.07) is 27.9. The minimum Gasteiger partial charge on any atom is -0.456 e. The second kappa shape index (κ2) is 5.85. The lowest BCUT2D eigenvalue weighted by atomic mass is 10.0. The van der Waals surface area contributed by atoms with Crippen LogP contribution in [0.3, 0.4) is 0 Å². The van der Waals surface area contributed by atoms with Crippen molar-refractivity contribution < 1.29 is 4.42 Å². The molecule has 2 nitrogen and oxygen atoms in total. The Hall–Kier alpha value is -3.30. The summed E-state index contributed by atoms with van der Waals surface area (Å²) >= 11 is 1.82. The first-order valence-corrected chi connectivity index (χ1v) is 10.2. The highest BCUT2D eigenvalue weighted by atomic mass is 32.1. The van der Waals surface area contributed by atoms with Gasteiger partial charge in [0, 0.05) is 49.2 Å². The van der Waals surface area contributed by atoms with Crippen LogP contribution in [0.15, 0.2) is 83.3 Å². The molecular formula is C25H17NOS. The zero-order chi connectivity index (χ0) is 18.7. The average molecular weight is 379 g/mol. The van der Waals surface area contributed by atoms with E-state index in [0.717, 1.165) is 27.8 Å². The topological polar surface area (TPSA) is 25.2 Å². The molecule has 2 aromatic heterocycles. The fourth-order valence-electron chi connectivity index (χ4n) is 4.12. The molecule has 0 fully saturated rings. The maximum Gasteiger partial charge on any atom is 0.136 e. The number of hydrogen-bond acceptors (Lipinski definition) is 3. The molecule has 0 aliphatic carbocycles. The quantitative estimate of drug-likeness (QED) is 0.334. The highest BCUT2D eigenvalue weighted by molar-refractivity contribution is 7.25. The fourth-order valence-corrected chi connectivity index (χ4v) is 5.23. The van der Waals surface area contributed by atoms with Crippen LogP contribution in [-0.2, 0) is 0 Å². The minimum absolute atomic E-state index is 0.931. The maximum absolute atomic E-state index is 6.28. The van der Waals surface area contributed by atoms with Crippen molar-refractivity contribution in [3.63, 3.8) is 0 Å². The van der Waals surface area contributed by atoms with Gasteiger partial charge in [-0.2, -0.15) is 0 Å². The molecule has 0 saturated heterocycles. The van der Waals surface area contributed by atoms with E-state index >= 15 is 0 Å². The standard InChI is InChI=1S/C25H17NOS/c1-26-21-8-4-2-6-16(21)15-10-11-17-19-13-20-18-7-3-5-9-24(18)28-25(20)14-23(19)27-22(17)12-15/h2-14,26H,1H3. The lowest BCUT2D eigenvalue weighted by molar-refractivity contribution is 0.669. The van der Waals surface area contributed by atoms with Crippen LogP contribution in [0.2, 0.25) is 0 Å². The number of fused-ring (bicyclic) bond motifs is 6. The highest BCUT2D eigenvalue weighted by Crippen LogP contribution is 2.40. The van der Waals surface area contributed by atoms with Crippen LogP contribution in [-0.4, -0.2) is 7.05 Å². The molecule has 0 aliphatic rings. The van der Waals surface area contributed by atoms with E-state index in [2.05, 4.69) is 78.1 Å². The Morgan fingerprint density at radius 2 is 1.50 bits per heavy atom. The number of para-hydroxylation sites is 1. The molecule has 0 radical (unpaired) electrons. The van der Waals surface area contributed by atoms with Gasteiger partial charge in [-0.3, -0.25) is 0 Å². The third-order valence-electron chi connectivity index (χ3n) is 5.48. The zero-order valence-electron chi connectivity index (χ0n) is 15.3. The summed E-state index contributed by atoms with van der Waals surface area (Å²) in [6.45, 7) is 0. The smallest absolute Gasteiger partial charge is 0.136 e. The molecule has 134 valence electrons. The molecular weight excluding hydrogens is 362 g/mol. The largest absolute Gasteiger partial charge is 0.456 e. The van der Waals surface area contributed by atoms with E-state index in [4.69, 9.17) is 4.42 Å². The maximum atomic E-state index is 6.28. The molecule has 0 aliphatic heterocycles. The van der Waals surface area contributed by atoms with Crippen LogP contribution >= 0.6 is 11.3 Å². The van der Waals surface area contributed by atoms with Gasteiger partial charge < -0.3 is 9.73 Å². The number of benzene rings is 4. The van der Waals surface area contributed by atoms with Crippen molar-refractivity contribution in [2.45, 2.75) is 0 Å². The molecule has 0 unspecified atom stereocenters. The summed E-state index contributed by atoms with van der Waals surface area (Å²) in [5.41, 5.74) is 5.33. The summed E-state index contributed by atoms with van der Waals surface area (Å²) in [7, 11) is 1.95. The molecule has 0 atom stereocenters. The second-order valence-corrected chi connectivity index (χ2v) is 8.14. The Morgan fingerprint density at radius 1 is 0.679 bits per heavy atom. The third-order valence-corrected chi connectivity index (χ3v) is 6.61. The molecule has 3 heteroatoms. The first kappa shape index (κ1) is 15.7. The van der Waals surface area contributed by atoms with Gasteiger partial charge in [-0.25, -0.2) is 0 Å². The van der Waals surface area contributed by atoms with Crippen molar-refractivity contribution in [1.29, 1.82) is 0 Å². The van der Waals surface area contributed by atoms with Gasteiger partial charge in [0.25, 0.3) is 0 Å². The molecule has 0 spiro atoms. The van der Waals surface area contributed by atoms with Crippen molar-refractivity contribution >= 4 is 59.1 Å². The molecule has 4 aromatic carbocycles. The second-order valence-electron chi connectivity index (χ2n) is 7.05. The minimum atomic E-state index is 0.931. The van der Waals surface area contributed by atoms with Crippen molar-refractivity contribution in [2.75, 3.05) is 12.4 Å². The summed E-state index contributed by atoms with van der Waals surface area (Å²) < 4.78 is 8.87. The van der Waals surface area contributed by atoms with Gasteiger partial charge >= 0.3 is 0 Å². The molecule has 0 amide bonds. The predicted molar refractivity (Wildman–Crippen MR) is 122 cm³/mol. The number of furan rings is 1. The first-order valence-electron chi connectivity index (χ1n) is 9.36. The SMILES string of the molecule is CNc1ccccc1-c1ccc2c(c1)oc1cc3sc4ccccc4c3cc12. The lowest BCUT2D eigenvalue weighted by Gasteiger charge is -2.08. The molecule has 6 aromatic rings.